The van der Waals surface area contributed by atoms with Crippen LogP contribution in [0.15, 0.2) is 18.2 Å². The average molecular weight is 527 g/mol. The molecule has 2 amide bonds. The first kappa shape index (κ1) is 28.0. The molecule has 0 saturated carbocycles. The van der Waals surface area contributed by atoms with Gasteiger partial charge in [-0.2, -0.15) is 0 Å². The van der Waals surface area contributed by atoms with Gasteiger partial charge in [-0.25, -0.2) is 18.0 Å². The standard InChI is InChI=1S/C25H38N2O8S/c1-6-9-27-19(13-34-24(27)30)12-17-10-16(7-8-21(17)33-5)11-18-14-36(31,32)15-20(22(18)28)26-23(29)35-25(2,3)4/h7-8,10,18-20,22,28H,6,9,11-15H2,1-5H3,(H,26,29)/t18-,19+,20+,22+/m1/s1. The van der Waals surface area contributed by atoms with Crippen molar-refractivity contribution >= 4 is 22.0 Å². The number of aliphatic hydroxyl groups excluding tert-OH is 1. The van der Waals surface area contributed by atoms with E-state index in [2.05, 4.69) is 5.32 Å². The van der Waals surface area contributed by atoms with Crippen LogP contribution >= 0.6 is 0 Å². The van der Waals surface area contributed by atoms with Crippen molar-refractivity contribution in [3.8, 4) is 5.75 Å². The second-order valence-corrected chi connectivity index (χ2v) is 12.7. The quantitative estimate of drug-likeness (QED) is 0.528. The van der Waals surface area contributed by atoms with Gasteiger partial charge in [-0.1, -0.05) is 19.1 Å². The molecule has 2 saturated heterocycles. The van der Waals surface area contributed by atoms with E-state index in [1.165, 1.54) is 0 Å². The summed E-state index contributed by atoms with van der Waals surface area (Å²) in [4.78, 5) is 26.0. The maximum absolute atomic E-state index is 12.6. The minimum atomic E-state index is -3.50. The first-order chi connectivity index (χ1) is 16.8. The van der Waals surface area contributed by atoms with Crippen molar-refractivity contribution < 1.29 is 37.3 Å². The van der Waals surface area contributed by atoms with Crippen LogP contribution in [-0.4, -0.2) is 86.2 Å². The Balaban J connectivity index is 1.77. The highest BCUT2D eigenvalue weighted by atomic mass is 32.2. The molecule has 0 radical (unpaired) electrons. The molecule has 2 aliphatic rings. The van der Waals surface area contributed by atoms with Crippen molar-refractivity contribution in [3.63, 3.8) is 0 Å². The zero-order valence-electron chi connectivity index (χ0n) is 21.7. The van der Waals surface area contributed by atoms with E-state index in [1.807, 2.05) is 25.1 Å². The van der Waals surface area contributed by atoms with E-state index >= 15 is 0 Å². The van der Waals surface area contributed by atoms with Crippen molar-refractivity contribution in [3.05, 3.63) is 29.3 Å². The Hall–Kier alpha value is -2.53. The van der Waals surface area contributed by atoms with Gasteiger partial charge in [-0.3, -0.25) is 0 Å². The van der Waals surface area contributed by atoms with Crippen molar-refractivity contribution in [2.24, 2.45) is 5.92 Å². The number of carbonyl (C=O) groups is 2. The summed E-state index contributed by atoms with van der Waals surface area (Å²) in [6.45, 7) is 8.02. The minimum absolute atomic E-state index is 0.121. The lowest BCUT2D eigenvalue weighted by molar-refractivity contribution is 0.0358. The van der Waals surface area contributed by atoms with Crippen LogP contribution in [0.5, 0.6) is 5.75 Å². The number of alkyl carbamates (subject to hydrolysis) is 1. The van der Waals surface area contributed by atoms with E-state index in [0.717, 1.165) is 17.5 Å². The molecule has 4 atom stereocenters. The number of hydrogen-bond donors (Lipinski definition) is 2. The first-order valence-corrected chi connectivity index (χ1v) is 14.1. The molecule has 202 valence electrons. The number of carbonyl (C=O) groups excluding carboxylic acids is 2. The maximum atomic E-state index is 12.6. The molecule has 2 aliphatic heterocycles. The summed E-state index contributed by atoms with van der Waals surface area (Å²) >= 11 is 0. The molecule has 11 heteroatoms. The molecule has 1 aromatic rings. The van der Waals surface area contributed by atoms with Gasteiger partial charge >= 0.3 is 12.2 Å². The molecule has 2 N–H and O–H groups in total. The lowest BCUT2D eigenvalue weighted by Gasteiger charge is -2.35. The number of amides is 2. The highest BCUT2D eigenvalue weighted by Gasteiger charge is 2.41. The van der Waals surface area contributed by atoms with Gasteiger partial charge in [0.05, 0.1) is 36.8 Å². The predicted octanol–water partition coefficient (Wildman–Crippen LogP) is 2.31. The van der Waals surface area contributed by atoms with Crippen LogP contribution in [0.3, 0.4) is 0 Å². The van der Waals surface area contributed by atoms with Gasteiger partial charge in [0.25, 0.3) is 0 Å². The summed E-state index contributed by atoms with van der Waals surface area (Å²) in [7, 11) is -1.93. The molecule has 2 fully saturated rings. The van der Waals surface area contributed by atoms with E-state index in [9.17, 15) is 23.1 Å². The Labute approximate surface area is 213 Å². The molecule has 0 unspecified atom stereocenters. The lowest BCUT2D eigenvalue weighted by Crippen LogP contribution is -2.56. The van der Waals surface area contributed by atoms with Crippen LogP contribution in [0.2, 0.25) is 0 Å². The molecule has 0 spiro atoms. The van der Waals surface area contributed by atoms with Gasteiger partial charge in [-0.15, -0.1) is 0 Å². The molecular weight excluding hydrogens is 488 g/mol. The fourth-order valence-corrected chi connectivity index (χ4v) is 6.74. The molecule has 10 nitrogen and oxygen atoms in total. The zero-order chi connectivity index (χ0) is 26.7. The van der Waals surface area contributed by atoms with Crippen LogP contribution in [0, 0.1) is 5.92 Å². The smallest absolute Gasteiger partial charge is 0.410 e. The molecular formula is C25H38N2O8S. The molecule has 1 aromatic carbocycles. The monoisotopic (exact) mass is 526 g/mol. The molecule has 2 heterocycles. The normalized spacial score (nSPS) is 25.8. The van der Waals surface area contributed by atoms with Crippen molar-refractivity contribution in [2.75, 3.05) is 31.8 Å². The number of rotatable bonds is 8. The third-order valence-corrected chi connectivity index (χ3v) is 8.14. The van der Waals surface area contributed by atoms with E-state index in [1.54, 1.807) is 32.8 Å². The van der Waals surface area contributed by atoms with E-state index < -0.39 is 39.6 Å². The Bertz CT molecular complexity index is 1050. The Morgan fingerprint density at radius 2 is 1.97 bits per heavy atom. The molecule has 36 heavy (non-hydrogen) atoms. The third kappa shape index (κ3) is 7.25. The number of benzene rings is 1. The number of sulfone groups is 1. The van der Waals surface area contributed by atoms with Crippen molar-refractivity contribution in [2.45, 2.75) is 70.7 Å². The fourth-order valence-electron chi connectivity index (χ4n) is 4.81. The van der Waals surface area contributed by atoms with Gasteiger partial charge in [0.1, 0.15) is 18.0 Å². The highest BCUT2D eigenvalue weighted by molar-refractivity contribution is 7.91. The summed E-state index contributed by atoms with van der Waals surface area (Å²) < 4.78 is 41.3. The topological polar surface area (TPSA) is 131 Å². The average Bonchev–Trinajstić information content (AvgIpc) is 3.09. The second kappa shape index (κ2) is 11.2. The van der Waals surface area contributed by atoms with Crippen LogP contribution in [-0.2, 0) is 32.2 Å². The van der Waals surface area contributed by atoms with Gasteiger partial charge in [0.2, 0.25) is 0 Å². The number of hydrogen-bond acceptors (Lipinski definition) is 8. The Morgan fingerprint density at radius 3 is 2.61 bits per heavy atom. The number of methoxy groups -OCH3 is 1. The van der Waals surface area contributed by atoms with Crippen molar-refractivity contribution in [1.82, 2.24) is 10.2 Å². The zero-order valence-corrected chi connectivity index (χ0v) is 22.5. The maximum Gasteiger partial charge on any atom is 0.410 e. The van der Waals surface area contributed by atoms with Crippen LogP contribution in [0.4, 0.5) is 9.59 Å². The highest BCUT2D eigenvalue weighted by Crippen LogP contribution is 2.29. The summed E-state index contributed by atoms with van der Waals surface area (Å²) in [5.74, 6) is -0.480. The minimum Gasteiger partial charge on any atom is -0.496 e. The summed E-state index contributed by atoms with van der Waals surface area (Å²) in [5.41, 5.74) is 0.953. The van der Waals surface area contributed by atoms with Gasteiger partial charge < -0.3 is 29.5 Å². The summed E-state index contributed by atoms with van der Waals surface area (Å²) in [6, 6.07) is 4.49. The van der Waals surface area contributed by atoms with E-state index in [0.29, 0.717) is 31.7 Å². The molecule has 0 aromatic heterocycles. The van der Waals surface area contributed by atoms with Crippen LogP contribution < -0.4 is 10.1 Å². The van der Waals surface area contributed by atoms with E-state index in [4.69, 9.17) is 14.2 Å². The lowest BCUT2D eigenvalue weighted by atomic mass is 9.90. The number of cyclic esters (lactones) is 1. The van der Waals surface area contributed by atoms with Gasteiger partial charge in [0.15, 0.2) is 9.84 Å². The second-order valence-electron chi connectivity index (χ2n) is 10.6. The summed E-state index contributed by atoms with van der Waals surface area (Å²) in [5, 5.41) is 13.5. The summed E-state index contributed by atoms with van der Waals surface area (Å²) in [6.07, 6.45) is -0.516. The van der Waals surface area contributed by atoms with Crippen LogP contribution in [0.25, 0.3) is 0 Å². The van der Waals surface area contributed by atoms with Gasteiger partial charge in [0, 0.05) is 12.5 Å². The Kier molecular flexibility index (Phi) is 8.76. The Morgan fingerprint density at radius 1 is 1.25 bits per heavy atom. The molecule has 0 bridgehead atoms. The molecule has 0 aliphatic carbocycles. The number of nitrogens with one attached hydrogen (secondary N) is 1. The number of nitrogens with zero attached hydrogens (tertiary/aromatic N) is 1. The van der Waals surface area contributed by atoms with Gasteiger partial charge in [-0.05, 0) is 57.2 Å². The van der Waals surface area contributed by atoms with Crippen molar-refractivity contribution in [1.29, 1.82) is 0 Å². The SMILES string of the molecule is CCCN1C(=O)OC[C@@H]1Cc1cc(C[C@@H]2CS(=O)(=O)C[C@H](NC(=O)OC(C)(C)C)[C@H]2O)ccc1OC. The fraction of sp³-hybridized carbons (Fsp3) is 0.680. The number of aliphatic hydroxyl groups is 1. The molecule has 3 rings (SSSR count). The third-order valence-electron chi connectivity index (χ3n) is 6.34. The number of ether oxygens (including phenoxy) is 3. The van der Waals surface area contributed by atoms with E-state index in [-0.39, 0.29) is 23.6 Å². The van der Waals surface area contributed by atoms with Crippen LogP contribution in [0.1, 0.15) is 45.2 Å². The predicted molar refractivity (Wildman–Crippen MR) is 134 cm³/mol. The largest absolute Gasteiger partial charge is 0.496 e. The first-order valence-electron chi connectivity index (χ1n) is 12.3.